The van der Waals surface area contributed by atoms with Gasteiger partial charge in [0.25, 0.3) is 10.1 Å². The van der Waals surface area contributed by atoms with Crippen LogP contribution >= 0.6 is 0 Å². The Morgan fingerprint density at radius 1 is 1.00 bits per heavy atom. The van der Waals surface area contributed by atoms with E-state index >= 15 is 0 Å². The molecule has 0 aliphatic rings. The van der Waals surface area contributed by atoms with Crippen molar-refractivity contribution in [2.75, 3.05) is 0 Å². The molecule has 0 unspecified atom stereocenters. The lowest BCUT2D eigenvalue weighted by molar-refractivity contribution is 0.483. The molecule has 0 atom stereocenters. The second kappa shape index (κ2) is 4.51. The lowest BCUT2D eigenvalue weighted by Crippen LogP contribution is -1.97. The predicted octanol–water partition coefficient (Wildman–Crippen LogP) is 3.05. The highest BCUT2D eigenvalue weighted by Gasteiger charge is 2.09. The maximum Gasteiger partial charge on any atom is 0.294 e. The van der Waals surface area contributed by atoms with Gasteiger partial charge in [-0.05, 0) is 41.8 Å². The molecule has 5 heteroatoms. The SMILES string of the molecule is Cc1ccc(-c2ccc(S(=O)(=O)O)cc2)cc1F. The zero-order chi connectivity index (χ0) is 13.3. The molecule has 0 amide bonds. The van der Waals surface area contributed by atoms with Crippen LogP contribution in [0.4, 0.5) is 4.39 Å². The van der Waals surface area contributed by atoms with Gasteiger partial charge in [-0.1, -0.05) is 24.3 Å². The summed E-state index contributed by atoms with van der Waals surface area (Å²) in [5.41, 5.74) is 1.88. The van der Waals surface area contributed by atoms with Crippen LogP contribution in [0.15, 0.2) is 47.4 Å². The number of benzene rings is 2. The lowest BCUT2D eigenvalue weighted by atomic mass is 10.0. The first-order valence-corrected chi connectivity index (χ1v) is 6.66. The smallest absolute Gasteiger partial charge is 0.282 e. The van der Waals surface area contributed by atoms with Crippen molar-refractivity contribution in [1.29, 1.82) is 0 Å². The van der Waals surface area contributed by atoms with E-state index in [0.29, 0.717) is 16.7 Å². The zero-order valence-electron chi connectivity index (χ0n) is 9.59. The van der Waals surface area contributed by atoms with Gasteiger partial charge in [0.2, 0.25) is 0 Å². The Morgan fingerprint density at radius 3 is 2.06 bits per heavy atom. The number of rotatable bonds is 2. The third-order valence-electron chi connectivity index (χ3n) is 2.66. The first kappa shape index (κ1) is 12.7. The minimum atomic E-state index is -4.19. The summed E-state index contributed by atoms with van der Waals surface area (Å²) in [6, 6.07) is 10.4. The molecule has 18 heavy (non-hydrogen) atoms. The van der Waals surface area contributed by atoms with Crippen LogP contribution in [0.5, 0.6) is 0 Å². The summed E-state index contributed by atoms with van der Waals surface area (Å²) in [6.45, 7) is 1.67. The first-order valence-electron chi connectivity index (χ1n) is 5.22. The molecule has 1 N–H and O–H groups in total. The van der Waals surface area contributed by atoms with E-state index in [9.17, 15) is 12.8 Å². The summed E-state index contributed by atoms with van der Waals surface area (Å²) in [7, 11) is -4.19. The van der Waals surface area contributed by atoms with E-state index < -0.39 is 10.1 Å². The fraction of sp³-hybridized carbons (Fsp3) is 0.0769. The Bertz CT molecular complexity index is 676. The van der Waals surface area contributed by atoms with Gasteiger partial charge in [-0.15, -0.1) is 0 Å². The van der Waals surface area contributed by atoms with Crippen molar-refractivity contribution in [3.8, 4) is 11.1 Å². The van der Waals surface area contributed by atoms with Crippen LogP contribution in [-0.2, 0) is 10.1 Å². The lowest BCUT2D eigenvalue weighted by Gasteiger charge is -2.04. The second-order valence-corrected chi connectivity index (χ2v) is 5.38. The molecule has 0 spiro atoms. The van der Waals surface area contributed by atoms with Gasteiger partial charge < -0.3 is 0 Å². The molecule has 0 saturated carbocycles. The van der Waals surface area contributed by atoms with Crippen LogP contribution in [0.25, 0.3) is 11.1 Å². The third kappa shape index (κ3) is 2.57. The average molecular weight is 266 g/mol. The summed E-state index contributed by atoms with van der Waals surface area (Å²) in [4.78, 5) is -0.182. The molecule has 0 aromatic heterocycles. The van der Waals surface area contributed by atoms with E-state index in [1.165, 1.54) is 30.3 Å². The summed E-state index contributed by atoms with van der Waals surface area (Å²) < 4.78 is 44.0. The maximum atomic E-state index is 13.4. The molecule has 0 bridgehead atoms. The normalized spacial score (nSPS) is 11.5. The zero-order valence-corrected chi connectivity index (χ0v) is 10.4. The molecular weight excluding hydrogens is 255 g/mol. The summed E-state index contributed by atoms with van der Waals surface area (Å²) in [5, 5.41) is 0. The van der Waals surface area contributed by atoms with E-state index in [0.717, 1.165) is 0 Å². The Hall–Kier alpha value is -1.72. The van der Waals surface area contributed by atoms with Crippen molar-refractivity contribution in [3.05, 3.63) is 53.8 Å². The van der Waals surface area contributed by atoms with Gasteiger partial charge in [0, 0.05) is 0 Å². The van der Waals surface area contributed by atoms with Crippen molar-refractivity contribution < 1.29 is 17.4 Å². The highest BCUT2D eigenvalue weighted by molar-refractivity contribution is 7.85. The average Bonchev–Trinajstić information content (AvgIpc) is 2.32. The quantitative estimate of drug-likeness (QED) is 0.850. The minimum absolute atomic E-state index is 0.182. The molecular formula is C13H11FO3S. The Labute approximate surface area is 105 Å². The van der Waals surface area contributed by atoms with Crippen LogP contribution < -0.4 is 0 Å². The van der Waals surface area contributed by atoms with E-state index in [4.69, 9.17) is 4.55 Å². The molecule has 0 aliphatic carbocycles. The molecule has 2 aromatic rings. The summed E-state index contributed by atoms with van der Waals surface area (Å²) in [5.74, 6) is -0.314. The van der Waals surface area contributed by atoms with Crippen LogP contribution in [-0.4, -0.2) is 13.0 Å². The summed E-state index contributed by atoms with van der Waals surface area (Å²) >= 11 is 0. The number of aryl methyl sites for hydroxylation is 1. The van der Waals surface area contributed by atoms with Gasteiger partial charge in [0.15, 0.2) is 0 Å². The third-order valence-corrected chi connectivity index (χ3v) is 3.53. The van der Waals surface area contributed by atoms with E-state index in [-0.39, 0.29) is 10.7 Å². The van der Waals surface area contributed by atoms with Crippen molar-refractivity contribution in [3.63, 3.8) is 0 Å². The van der Waals surface area contributed by atoms with E-state index in [2.05, 4.69) is 0 Å². The van der Waals surface area contributed by atoms with Crippen molar-refractivity contribution in [1.82, 2.24) is 0 Å². The molecule has 0 fully saturated rings. The molecule has 3 nitrogen and oxygen atoms in total. The van der Waals surface area contributed by atoms with Gasteiger partial charge in [0.05, 0.1) is 4.90 Å². The van der Waals surface area contributed by atoms with Gasteiger partial charge in [-0.3, -0.25) is 4.55 Å². The number of hydrogen-bond acceptors (Lipinski definition) is 2. The van der Waals surface area contributed by atoms with Gasteiger partial charge in [-0.25, -0.2) is 4.39 Å². The van der Waals surface area contributed by atoms with Gasteiger partial charge >= 0.3 is 0 Å². The molecule has 2 rings (SSSR count). The fourth-order valence-electron chi connectivity index (χ4n) is 1.59. The van der Waals surface area contributed by atoms with E-state index in [1.807, 2.05) is 0 Å². The van der Waals surface area contributed by atoms with E-state index in [1.54, 1.807) is 19.1 Å². The van der Waals surface area contributed by atoms with Crippen LogP contribution in [0.2, 0.25) is 0 Å². The minimum Gasteiger partial charge on any atom is -0.282 e. The molecule has 0 radical (unpaired) electrons. The van der Waals surface area contributed by atoms with Crippen molar-refractivity contribution >= 4 is 10.1 Å². The first-order chi connectivity index (χ1) is 8.38. The maximum absolute atomic E-state index is 13.4. The van der Waals surface area contributed by atoms with Crippen LogP contribution in [0.1, 0.15) is 5.56 Å². The highest BCUT2D eigenvalue weighted by Crippen LogP contribution is 2.23. The molecule has 0 heterocycles. The van der Waals surface area contributed by atoms with Crippen LogP contribution in [0.3, 0.4) is 0 Å². The number of hydrogen-bond donors (Lipinski definition) is 1. The molecule has 0 saturated heterocycles. The predicted molar refractivity (Wildman–Crippen MR) is 66.4 cm³/mol. The van der Waals surface area contributed by atoms with Gasteiger partial charge in [0.1, 0.15) is 5.82 Å². The number of halogens is 1. The Balaban J connectivity index is 2.43. The van der Waals surface area contributed by atoms with Crippen LogP contribution in [0, 0.1) is 12.7 Å². The summed E-state index contributed by atoms with van der Waals surface area (Å²) in [6.07, 6.45) is 0. The topological polar surface area (TPSA) is 54.4 Å². The largest absolute Gasteiger partial charge is 0.294 e. The molecule has 94 valence electrons. The Kier molecular flexibility index (Phi) is 3.19. The molecule has 0 aliphatic heterocycles. The van der Waals surface area contributed by atoms with Crippen molar-refractivity contribution in [2.45, 2.75) is 11.8 Å². The second-order valence-electron chi connectivity index (χ2n) is 3.96. The molecule has 2 aromatic carbocycles. The van der Waals surface area contributed by atoms with Crippen molar-refractivity contribution in [2.24, 2.45) is 0 Å². The highest BCUT2D eigenvalue weighted by atomic mass is 32.2. The van der Waals surface area contributed by atoms with Gasteiger partial charge in [-0.2, -0.15) is 8.42 Å². The monoisotopic (exact) mass is 266 g/mol. The fourth-order valence-corrected chi connectivity index (χ4v) is 2.07. The standard InChI is InChI=1S/C13H11FO3S/c1-9-2-3-11(8-13(9)14)10-4-6-12(7-5-10)18(15,16)17/h2-8H,1H3,(H,15,16,17). The Morgan fingerprint density at radius 2 is 1.56 bits per heavy atom.